The Morgan fingerprint density at radius 2 is 1.53 bits per heavy atom. The molecule has 8 heteroatoms. The van der Waals surface area contributed by atoms with Crippen molar-refractivity contribution < 1.29 is 13.3 Å². The molecule has 4 N–H and O–H groups in total. The highest BCUT2D eigenvalue weighted by molar-refractivity contribution is 7.80. The van der Waals surface area contributed by atoms with Gasteiger partial charge in [-0.05, 0) is 18.6 Å². The number of halogens is 1. The van der Waals surface area contributed by atoms with E-state index in [0.29, 0.717) is 0 Å². The first-order valence-corrected chi connectivity index (χ1v) is 6.89. The molecule has 0 aromatic rings. The quantitative estimate of drug-likeness (QED) is 0.434. The molecule has 1 unspecified atom stereocenters. The van der Waals surface area contributed by atoms with Crippen molar-refractivity contribution >= 4 is 37.7 Å². The van der Waals surface area contributed by atoms with Gasteiger partial charge in [-0.3, -0.25) is 0 Å². The van der Waals surface area contributed by atoms with Crippen LogP contribution in [-0.4, -0.2) is 40.2 Å². The van der Waals surface area contributed by atoms with Gasteiger partial charge in [-0.25, -0.2) is 0 Å². The van der Waals surface area contributed by atoms with Crippen molar-refractivity contribution in [3.05, 3.63) is 0 Å². The molecule has 0 saturated carbocycles. The molecular formula is C7H19ClN2O3SSi. The van der Waals surface area contributed by atoms with Crippen molar-refractivity contribution in [2.24, 2.45) is 11.5 Å². The third-order valence-corrected chi connectivity index (χ3v) is 5.59. The molecule has 0 aliphatic rings. The molecule has 0 saturated heterocycles. The maximum absolute atomic E-state index is 5.98. The Morgan fingerprint density at radius 3 is 1.60 bits per heavy atom. The monoisotopic (exact) mass is 274 g/mol. The fourth-order valence-electron chi connectivity index (χ4n) is 0.884. The van der Waals surface area contributed by atoms with Crippen LogP contribution in [0.1, 0.15) is 13.3 Å². The smallest absolute Gasteiger partial charge is 0.377 e. The van der Waals surface area contributed by atoms with E-state index >= 15 is 0 Å². The number of hydrogen-bond donors (Lipinski definition) is 2. The summed E-state index contributed by atoms with van der Waals surface area (Å²) in [4.78, 5) is 0. The first-order chi connectivity index (χ1) is 6.90. The molecule has 0 amide bonds. The van der Waals surface area contributed by atoms with Crippen LogP contribution in [0.4, 0.5) is 0 Å². The average molecular weight is 275 g/mol. The topological polar surface area (TPSA) is 79.7 Å². The summed E-state index contributed by atoms with van der Waals surface area (Å²) in [7, 11) is 2.12. The minimum absolute atomic E-state index is 0.000000000000000222. The summed E-state index contributed by atoms with van der Waals surface area (Å²) in [6.07, 6.45) is 0.781. The van der Waals surface area contributed by atoms with Gasteiger partial charge in [0.15, 0.2) is 5.11 Å². The van der Waals surface area contributed by atoms with Crippen molar-refractivity contribution in [1.82, 2.24) is 0 Å². The van der Waals surface area contributed by atoms with E-state index in [-0.39, 0.29) is 10.1 Å². The molecule has 0 radical (unpaired) electrons. The van der Waals surface area contributed by atoms with Crippen LogP contribution in [0.2, 0.25) is 0 Å². The number of hydrogen-bond acceptors (Lipinski definition) is 4. The van der Waals surface area contributed by atoms with Crippen molar-refractivity contribution in [2.75, 3.05) is 21.3 Å². The summed E-state index contributed by atoms with van der Waals surface area (Å²) < 4.78 is 15.5. The molecule has 5 nitrogen and oxygen atoms in total. The van der Waals surface area contributed by atoms with E-state index < -0.39 is 8.80 Å². The summed E-state index contributed by atoms with van der Waals surface area (Å²) in [5.41, 5.74) is 9.24. The van der Waals surface area contributed by atoms with Crippen LogP contribution < -0.4 is 11.5 Å². The third kappa shape index (κ3) is 7.04. The lowest BCUT2D eigenvalue weighted by Gasteiger charge is -2.27. The summed E-state index contributed by atoms with van der Waals surface area (Å²) in [6.45, 7) is 1.97. The lowest BCUT2D eigenvalue weighted by Crippen LogP contribution is -2.51. The zero-order chi connectivity index (χ0) is 12.5. The molecule has 0 bridgehead atoms. The molecule has 0 aromatic heterocycles. The van der Waals surface area contributed by atoms with Crippen LogP contribution in [0.25, 0.3) is 0 Å². The SMILES string of the molecule is CCC(Cl)[Si](OC)(OC)OC.NC(N)=S. The molecule has 0 rings (SSSR count). The maximum Gasteiger partial charge on any atom is 0.518 e. The summed E-state index contributed by atoms with van der Waals surface area (Å²) >= 11 is 10.1. The number of alkyl halides is 1. The fourth-order valence-corrected chi connectivity index (χ4v) is 3.45. The van der Waals surface area contributed by atoms with Gasteiger partial charge in [0, 0.05) is 21.3 Å². The Bertz CT molecular complexity index is 171. The van der Waals surface area contributed by atoms with Crippen molar-refractivity contribution in [3.8, 4) is 0 Å². The van der Waals surface area contributed by atoms with E-state index in [1.807, 2.05) is 6.92 Å². The highest BCUT2D eigenvalue weighted by Crippen LogP contribution is 2.19. The van der Waals surface area contributed by atoms with Gasteiger partial charge in [-0.15, -0.1) is 11.6 Å². The number of rotatable bonds is 5. The van der Waals surface area contributed by atoms with Crippen molar-refractivity contribution in [2.45, 2.75) is 18.3 Å². The van der Waals surface area contributed by atoms with Gasteiger partial charge in [0.1, 0.15) is 5.00 Å². The Labute approximate surface area is 102 Å². The van der Waals surface area contributed by atoms with E-state index in [2.05, 4.69) is 23.7 Å². The largest absolute Gasteiger partial charge is 0.518 e. The second kappa shape index (κ2) is 9.31. The van der Waals surface area contributed by atoms with Crippen molar-refractivity contribution in [3.63, 3.8) is 0 Å². The third-order valence-electron chi connectivity index (χ3n) is 1.60. The normalized spacial score (nSPS) is 12.6. The molecule has 92 valence electrons. The number of nitrogens with two attached hydrogens (primary N) is 2. The van der Waals surface area contributed by atoms with Crippen LogP contribution >= 0.6 is 23.8 Å². The highest BCUT2D eigenvalue weighted by Gasteiger charge is 2.45. The lowest BCUT2D eigenvalue weighted by atomic mass is 10.6. The second-order valence-electron chi connectivity index (χ2n) is 2.49. The summed E-state index contributed by atoms with van der Waals surface area (Å²) in [5, 5.41) is -0.164. The standard InChI is InChI=1S/C6H15ClO3Si.CH4N2S/c1-5-6(7)11(8-2,9-3)10-4;2-1(3)4/h6H,5H2,1-4H3;(H4,2,3,4). The highest BCUT2D eigenvalue weighted by atomic mass is 35.5. The predicted octanol–water partition coefficient (Wildman–Crippen LogP) is 0.610. The lowest BCUT2D eigenvalue weighted by molar-refractivity contribution is 0.120. The van der Waals surface area contributed by atoms with Gasteiger partial charge in [0.2, 0.25) is 0 Å². The molecule has 0 heterocycles. The molecule has 0 aliphatic heterocycles. The van der Waals surface area contributed by atoms with Crippen LogP contribution in [0.5, 0.6) is 0 Å². The van der Waals surface area contributed by atoms with Gasteiger partial charge in [0.05, 0.1) is 0 Å². The minimum atomic E-state index is -2.56. The van der Waals surface area contributed by atoms with E-state index in [1.165, 1.54) is 0 Å². The molecular weight excluding hydrogens is 256 g/mol. The van der Waals surface area contributed by atoms with E-state index in [9.17, 15) is 0 Å². The summed E-state index contributed by atoms with van der Waals surface area (Å²) in [5.74, 6) is 0. The Hall–Kier alpha value is 0.0769. The molecule has 0 fully saturated rings. The molecule has 15 heavy (non-hydrogen) atoms. The van der Waals surface area contributed by atoms with Gasteiger partial charge in [-0.1, -0.05) is 6.92 Å². The first-order valence-electron chi connectivity index (χ1n) is 4.24. The Morgan fingerprint density at radius 1 is 1.27 bits per heavy atom. The van der Waals surface area contributed by atoms with Gasteiger partial charge < -0.3 is 24.7 Å². The minimum Gasteiger partial charge on any atom is -0.377 e. The molecule has 0 aliphatic carbocycles. The van der Waals surface area contributed by atoms with E-state index in [0.717, 1.165) is 6.42 Å². The van der Waals surface area contributed by atoms with E-state index in [1.54, 1.807) is 21.3 Å². The van der Waals surface area contributed by atoms with Crippen LogP contribution in [0.3, 0.4) is 0 Å². The zero-order valence-corrected chi connectivity index (χ0v) is 12.0. The maximum atomic E-state index is 5.98. The van der Waals surface area contributed by atoms with E-state index in [4.69, 9.17) is 24.9 Å². The van der Waals surface area contributed by atoms with Crippen molar-refractivity contribution in [1.29, 1.82) is 0 Å². The van der Waals surface area contributed by atoms with Crippen LogP contribution in [0.15, 0.2) is 0 Å². The molecule has 0 aromatic carbocycles. The fraction of sp³-hybridized carbons (Fsp3) is 0.857. The predicted molar refractivity (Wildman–Crippen MR) is 67.7 cm³/mol. The average Bonchev–Trinajstić information content (AvgIpc) is 2.20. The summed E-state index contributed by atoms with van der Waals surface area (Å²) in [6, 6.07) is 0. The van der Waals surface area contributed by atoms with Crippen LogP contribution in [-0.2, 0) is 13.3 Å². The second-order valence-corrected chi connectivity index (χ2v) is 6.99. The molecule has 1 atom stereocenters. The van der Waals surface area contributed by atoms with Gasteiger partial charge >= 0.3 is 8.80 Å². The van der Waals surface area contributed by atoms with Gasteiger partial charge in [0.25, 0.3) is 0 Å². The van der Waals surface area contributed by atoms with Gasteiger partial charge in [-0.2, -0.15) is 0 Å². The number of thiocarbonyl (C=S) groups is 1. The van der Waals surface area contributed by atoms with Crippen LogP contribution in [0, 0.1) is 0 Å². The first kappa shape index (κ1) is 17.5. The molecule has 0 spiro atoms. The Balaban J connectivity index is 0. The Kier molecular flexibility index (Phi) is 10.8. The zero-order valence-electron chi connectivity index (χ0n) is 9.45.